The smallest absolute Gasteiger partial charge is 0.235 e. The van der Waals surface area contributed by atoms with Gasteiger partial charge in [-0.3, -0.25) is 9.69 Å². The van der Waals surface area contributed by atoms with Crippen LogP contribution in [0, 0.1) is 17.8 Å². The normalized spacial score (nSPS) is 31.9. The highest BCUT2D eigenvalue weighted by molar-refractivity contribution is 6.31. The van der Waals surface area contributed by atoms with Crippen molar-refractivity contribution in [3.8, 4) is 0 Å². The number of fused-ring (bicyclic) bond motifs is 1. The highest BCUT2D eigenvalue weighted by atomic mass is 35.5. The van der Waals surface area contributed by atoms with E-state index in [4.69, 9.17) is 17.3 Å². The number of carbonyl (C=O) groups excluding carboxylic acids is 1. The van der Waals surface area contributed by atoms with Gasteiger partial charge in [-0.05, 0) is 23.3 Å². The third kappa shape index (κ3) is 2.13. The minimum Gasteiger partial charge on any atom is -0.368 e. The zero-order valence-electron chi connectivity index (χ0n) is 10.1. The molecule has 2 N–H and O–H groups in total. The molecule has 0 spiro atoms. The van der Waals surface area contributed by atoms with Crippen molar-refractivity contribution in [2.45, 2.75) is 11.9 Å². The second-order valence-corrected chi connectivity index (χ2v) is 5.86. The summed E-state index contributed by atoms with van der Waals surface area (Å²) in [4.78, 5) is 13.5. The van der Waals surface area contributed by atoms with E-state index in [1.165, 1.54) is 5.56 Å². The third-order valence-electron chi connectivity index (χ3n) is 4.19. The van der Waals surface area contributed by atoms with E-state index in [1.807, 2.05) is 6.07 Å². The van der Waals surface area contributed by atoms with Crippen LogP contribution in [0.3, 0.4) is 0 Å². The Hall–Kier alpha value is -1.06. The average molecular weight is 265 g/mol. The van der Waals surface area contributed by atoms with Gasteiger partial charge in [0.25, 0.3) is 0 Å². The molecule has 0 radical (unpaired) electrons. The first-order chi connectivity index (χ1) is 8.66. The van der Waals surface area contributed by atoms with Crippen molar-refractivity contribution in [1.82, 2.24) is 4.90 Å². The maximum atomic E-state index is 11.1. The van der Waals surface area contributed by atoms with Gasteiger partial charge in [0, 0.05) is 19.6 Å². The first-order valence-corrected chi connectivity index (χ1v) is 6.80. The molecule has 1 aromatic rings. The predicted molar refractivity (Wildman–Crippen MR) is 71.0 cm³/mol. The van der Waals surface area contributed by atoms with Gasteiger partial charge in [0.2, 0.25) is 5.91 Å². The monoisotopic (exact) mass is 264 g/mol. The van der Waals surface area contributed by atoms with Crippen LogP contribution in [0.25, 0.3) is 0 Å². The quantitative estimate of drug-likeness (QED) is 0.837. The molecule has 2 aliphatic rings. The summed E-state index contributed by atoms with van der Waals surface area (Å²) in [5.41, 5.74) is 6.59. The van der Waals surface area contributed by atoms with Gasteiger partial charge in [-0.2, -0.15) is 0 Å². The number of hydrogen-bond acceptors (Lipinski definition) is 2. The fourth-order valence-electron chi connectivity index (χ4n) is 3.25. The number of benzene rings is 1. The van der Waals surface area contributed by atoms with Crippen LogP contribution >= 0.6 is 11.6 Å². The van der Waals surface area contributed by atoms with E-state index in [0.29, 0.717) is 17.8 Å². The van der Waals surface area contributed by atoms with Gasteiger partial charge >= 0.3 is 0 Å². The molecule has 3 rings (SSSR count). The van der Waals surface area contributed by atoms with Gasteiger partial charge in [0.15, 0.2) is 0 Å². The minimum atomic E-state index is -0.473. The molecule has 1 amide bonds. The van der Waals surface area contributed by atoms with Gasteiger partial charge in [-0.1, -0.05) is 30.3 Å². The molecule has 1 aromatic carbocycles. The van der Waals surface area contributed by atoms with Crippen molar-refractivity contribution < 1.29 is 4.79 Å². The van der Waals surface area contributed by atoms with Crippen LogP contribution in [0.2, 0.25) is 0 Å². The zero-order valence-corrected chi connectivity index (χ0v) is 10.9. The van der Waals surface area contributed by atoms with Crippen LogP contribution in [0.4, 0.5) is 0 Å². The van der Waals surface area contributed by atoms with Crippen molar-refractivity contribution in [1.29, 1.82) is 0 Å². The Balaban J connectivity index is 1.54. The summed E-state index contributed by atoms with van der Waals surface area (Å²) in [6, 6.07) is 10.5. The Morgan fingerprint density at radius 3 is 2.50 bits per heavy atom. The standard InChI is InChI=1S/C14H17ClN2O/c15-13(14(16)18)12-10-7-17(8-11(10)12)6-9-4-2-1-3-5-9/h1-5,10-13H,6-8H2,(H2,16,18). The number of nitrogens with zero attached hydrogens (tertiary/aromatic N) is 1. The Morgan fingerprint density at radius 1 is 1.33 bits per heavy atom. The highest BCUT2D eigenvalue weighted by Crippen LogP contribution is 2.54. The number of piperidine rings is 1. The van der Waals surface area contributed by atoms with E-state index in [-0.39, 0.29) is 5.91 Å². The lowest BCUT2D eigenvalue weighted by atomic mass is 10.1. The molecule has 1 heterocycles. The lowest BCUT2D eigenvalue weighted by molar-refractivity contribution is -0.118. The average Bonchev–Trinajstić information content (AvgIpc) is 2.86. The summed E-state index contributed by atoms with van der Waals surface area (Å²) in [7, 11) is 0. The van der Waals surface area contributed by atoms with Crippen LogP contribution in [0.1, 0.15) is 5.56 Å². The van der Waals surface area contributed by atoms with Crippen molar-refractivity contribution in [3.05, 3.63) is 35.9 Å². The van der Waals surface area contributed by atoms with Gasteiger partial charge in [-0.25, -0.2) is 0 Å². The maximum Gasteiger partial charge on any atom is 0.235 e. The molecule has 0 bridgehead atoms. The molecule has 3 nitrogen and oxygen atoms in total. The Bertz CT molecular complexity index is 438. The molecule has 4 heteroatoms. The lowest BCUT2D eigenvalue weighted by Crippen LogP contribution is -2.31. The molecule has 96 valence electrons. The van der Waals surface area contributed by atoms with Crippen LogP contribution in [0.5, 0.6) is 0 Å². The van der Waals surface area contributed by atoms with E-state index < -0.39 is 5.38 Å². The fraction of sp³-hybridized carbons (Fsp3) is 0.500. The van der Waals surface area contributed by atoms with Gasteiger partial charge < -0.3 is 5.73 Å². The molecule has 2 fully saturated rings. The van der Waals surface area contributed by atoms with Crippen LogP contribution in [0.15, 0.2) is 30.3 Å². The summed E-state index contributed by atoms with van der Waals surface area (Å²) in [6.45, 7) is 3.07. The van der Waals surface area contributed by atoms with Crippen molar-refractivity contribution in [2.75, 3.05) is 13.1 Å². The molecule has 1 saturated heterocycles. The molecule has 1 aliphatic carbocycles. The Morgan fingerprint density at radius 2 is 1.94 bits per heavy atom. The maximum absolute atomic E-state index is 11.1. The summed E-state index contributed by atoms with van der Waals surface area (Å²) in [5, 5.41) is -0.473. The molecule has 1 saturated carbocycles. The summed E-state index contributed by atoms with van der Waals surface area (Å²) in [6.07, 6.45) is 0. The van der Waals surface area contributed by atoms with Gasteiger partial charge in [-0.15, -0.1) is 11.6 Å². The second-order valence-electron chi connectivity index (χ2n) is 5.39. The topological polar surface area (TPSA) is 46.3 Å². The van der Waals surface area contributed by atoms with E-state index in [0.717, 1.165) is 19.6 Å². The SMILES string of the molecule is NC(=O)C(Cl)C1C2CN(Cc3ccccc3)CC21. The van der Waals surface area contributed by atoms with Crippen LogP contribution in [-0.4, -0.2) is 29.3 Å². The molecule has 0 aromatic heterocycles. The molecular weight excluding hydrogens is 248 g/mol. The number of rotatable bonds is 4. The van der Waals surface area contributed by atoms with E-state index in [1.54, 1.807) is 0 Å². The number of carbonyl (C=O) groups is 1. The number of primary amides is 1. The lowest BCUT2D eigenvalue weighted by Gasteiger charge is -2.20. The number of alkyl halides is 1. The van der Waals surface area contributed by atoms with Crippen LogP contribution < -0.4 is 5.73 Å². The number of hydrogen-bond donors (Lipinski definition) is 1. The first-order valence-electron chi connectivity index (χ1n) is 6.36. The molecular formula is C14H17ClN2O. The van der Waals surface area contributed by atoms with Crippen molar-refractivity contribution in [3.63, 3.8) is 0 Å². The summed E-state index contributed by atoms with van der Waals surface area (Å²) < 4.78 is 0. The highest BCUT2D eigenvalue weighted by Gasteiger charge is 2.59. The van der Waals surface area contributed by atoms with Crippen LogP contribution in [-0.2, 0) is 11.3 Å². The Kier molecular flexibility index (Phi) is 3.04. The zero-order chi connectivity index (χ0) is 12.7. The number of amides is 1. The minimum absolute atomic E-state index is 0.316. The molecule has 3 unspecified atom stereocenters. The second kappa shape index (κ2) is 4.56. The number of halogens is 1. The first kappa shape index (κ1) is 12.0. The van der Waals surface area contributed by atoms with E-state index >= 15 is 0 Å². The number of likely N-dealkylation sites (tertiary alicyclic amines) is 1. The Labute approximate surface area is 112 Å². The third-order valence-corrected chi connectivity index (χ3v) is 4.70. The van der Waals surface area contributed by atoms with E-state index in [2.05, 4.69) is 29.2 Å². The molecule has 1 aliphatic heterocycles. The largest absolute Gasteiger partial charge is 0.368 e. The fourth-order valence-corrected chi connectivity index (χ4v) is 3.63. The van der Waals surface area contributed by atoms with E-state index in [9.17, 15) is 4.79 Å². The van der Waals surface area contributed by atoms with Crippen molar-refractivity contribution >= 4 is 17.5 Å². The summed E-state index contributed by atoms with van der Waals surface area (Å²) >= 11 is 6.03. The summed E-state index contributed by atoms with van der Waals surface area (Å²) in [5.74, 6) is 1.09. The van der Waals surface area contributed by atoms with Crippen molar-refractivity contribution in [2.24, 2.45) is 23.5 Å². The number of nitrogens with two attached hydrogens (primary N) is 1. The van der Waals surface area contributed by atoms with Gasteiger partial charge in [0.1, 0.15) is 5.38 Å². The van der Waals surface area contributed by atoms with Gasteiger partial charge in [0.05, 0.1) is 0 Å². The predicted octanol–water partition coefficient (Wildman–Crippen LogP) is 1.46. The molecule has 3 atom stereocenters. The molecule has 18 heavy (non-hydrogen) atoms.